The molecule has 1 N–H and O–H groups in total. The second kappa shape index (κ2) is 8.19. The van der Waals surface area contributed by atoms with Crippen molar-refractivity contribution in [3.05, 3.63) is 52.4 Å². The van der Waals surface area contributed by atoms with Crippen LogP contribution in [0.1, 0.15) is 20.8 Å². The first kappa shape index (κ1) is 20.8. The van der Waals surface area contributed by atoms with Gasteiger partial charge in [0.15, 0.2) is 0 Å². The van der Waals surface area contributed by atoms with Crippen LogP contribution in [-0.2, 0) is 27.5 Å². The fraction of sp³-hybridized carbons (Fsp3) is 0.353. The highest BCUT2D eigenvalue weighted by molar-refractivity contribution is 7.91. The number of sulfonamides is 1. The number of carbonyl (C=O) groups is 1. The van der Waals surface area contributed by atoms with Gasteiger partial charge in [0.25, 0.3) is 15.9 Å². The summed E-state index contributed by atoms with van der Waals surface area (Å²) >= 11 is 1.04. The number of carbonyl (C=O) groups excluding carboxylic acids is 1. The number of hydrogen-bond donors (Lipinski definition) is 1. The minimum absolute atomic E-state index is 0.0726. The Morgan fingerprint density at radius 3 is 2.36 bits per heavy atom. The molecule has 1 aliphatic heterocycles. The minimum atomic E-state index is -4.46. The van der Waals surface area contributed by atoms with Crippen molar-refractivity contribution in [3.8, 4) is 0 Å². The molecule has 0 aliphatic carbocycles. The summed E-state index contributed by atoms with van der Waals surface area (Å²) in [4.78, 5) is 12.7. The Kier molecular flexibility index (Phi) is 6.08. The van der Waals surface area contributed by atoms with E-state index in [1.165, 1.54) is 10.4 Å². The molecule has 0 saturated carbocycles. The van der Waals surface area contributed by atoms with E-state index in [1.54, 1.807) is 6.07 Å². The lowest BCUT2D eigenvalue weighted by atomic mass is 10.1. The average molecular weight is 434 g/mol. The van der Waals surface area contributed by atoms with E-state index in [2.05, 4.69) is 5.32 Å². The van der Waals surface area contributed by atoms with Gasteiger partial charge < -0.3 is 10.1 Å². The summed E-state index contributed by atoms with van der Waals surface area (Å²) in [5.41, 5.74) is -0.744. The summed E-state index contributed by atoms with van der Waals surface area (Å²) in [5.74, 6) is -0.542. The lowest BCUT2D eigenvalue weighted by Crippen LogP contribution is -2.40. The van der Waals surface area contributed by atoms with E-state index in [9.17, 15) is 26.4 Å². The van der Waals surface area contributed by atoms with E-state index in [1.807, 2.05) is 0 Å². The Balaban J connectivity index is 1.62. The van der Waals surface area contributed by atoms with Gasteiger partial charge in [0, 0.05) is 23.5 Å². The third-order valence-electron chi connectivity index (χ3n) is 4.10. The molecule has 0 spiro atoms. The third kappa shape index (κ3) is 4.72. The van der Waals surface area contributed by atoms with Gasteiger partial charge in [-0.2, -0.15) is 17.5 Å². The number of halogens is 3. The molecule has 2 heterocycles. The number of alkyl halides is 3. The van der Waals surface area contributed by atoms with E-state index in [4.69, 9.17) is 4.74 Å². The standard InChI is InChI=1S/C17H17F3N2O4S2/c18-17(19,20)13-3-1-12(2-4-13)16(23)21-11-14-5-6-15(27-14)28(24,25)22-7-9-26-10-8-22/h1-6H,7-11H2,(H,21,23). The van der Waals surface area contributed by atoms with Gasteiger partial charge in [0.05, 0.1) is 25.3 Å². The van der Waals surface area contributed by atoms with Crippen molar-refractivity contribution in [3.63, 3.8) is 0 Å². The molecule has 28 heavy (non-hydrogen) atoms. The van der Waals surface area contributed by atoms with Crippen molar-refractivity contribution in [2.45, 2.75) is 16.9 Å². The summed E-state index contributed by atoms with van der Waals surface area (Å²) in [6, 6.07) is 6.96. The van der Waals surface area contributed by atoms with E-state index < -0.39 is 27.7 Å². The van der Waals surface area contributed by atoms with Crippen LogP contribution in [0, 0.1) is 0 Å². The number of amides is 1. The van der Waals surface area contributed by atoms with E-state index >= 15 is 0 Å². The van der Waals surface area contributed by atoms with Crippen molar-refractivity contribution in [1.82, 2.24) is 9.62 Å². The normalized spacial score (nSPS) is 16.1. The number of nitrogens with zero attached hydrogens (tertiary/aromatic N) is 1. The molecule has 0 bridgehead atoms. The quantitative estimate of drug-likeness (QED) is 0.785. The van der Waals surface area contributed by atoms with Crippen LogP contribution in [0.5, 0.6) is 0 Å². The summed E-state index contributed by atoms with van der Waals surface area (Å²) in [6.45, 7) is 1.35. The molecule has 3 rings (SSSR count). The van der Waals surface area contributed by atoms with Gasteiger partial charge in [0.1, 0.15) is 4.21 Å². The fourth-order valence-corrected chi connectivity index (χ4v) is 5.44. The third-order valence-corrected chi connectivity index (χ3v) is 7.55. The Morgan fingerprint density at radius 2 is 1.75 bits per heavy atom. The Bertz CT molecular complexity index is 934. The van der Waals surface area contributed by atoms with Crippen LogP contribution in [0.2, 0.25) is 0 Å². The highest BCUT2D eigenvalue weighted by Gasteiger charge is 2.30. The molecule has 11 heteroatoms. The van der Waals surface area contributed by atoms with Crippen molar-refractivity contribution >= 4 is 27.3 Å². The zero-order valence-electron chi connectivity index (χ0n) is 14.5. The van der Waals surface area contributed by atoms with Crippen LogP contribution in [-0.4, -0.2) is 44.9 Å². The monoisotopic (exact) mass is 434 g/mol. The highest BCUT2D eigenvalue weighted by Crippen LogP contribution is 2.29. The predicted octanol–water partition coefficient (Wildman–Crippen LogP) is 2.72. The largest absolute Gasteiger partial charge is 0.416 e. The van der Waals surface area contributed by atoms with Crippen LogP contribution >= 0.6 is 11.3 Å². The Hall–Kier alpha value is -1.95. The van der Waals surface area contributed by atoms with Crippen LogP contribution in [0.4, 0.5) is 13.2 Å². The SMILES string of the molecule is O=C(NCc1ccc(S(=O)(=O)N2CCOCC2)s1)c1ccc(C(F)(F)F)cc1. The fourth-order valence-electron chi connectivity index (χ4n) is 2.59. The summed E-state index contributed by atoms with van der Waals surface area (Å²) < 4.78 is 69.5. The smallest absolute Gasteiger partial charge is 0.379 e. The van der Waals surface area contributed by atoms with Gasteiger partial charge >= 0.3 is 6.18 Å². The van der Waals surface area contributed by atoms with Crippen molar-refractivity contribution in [2.24, 2.45) is 0 Å². The zero-order chi connectivity index (χ0) is 20.4. The second-order valence-corrected chi connectivity index (χ2v) is 9.33. The topological polar surface area (TPSA) is 75.7 Å². The molecule has 2 aromatic rings. The van der Waals surface area contributed by atoms with Gasteiger partial charge in [-0.05, 0) is 36.4 Å². The molecule has 1 aromatic heterocycles. The van der Waals surface area contributed by atoms with Crippen LogP contribution in [0.3, 0.4) is 0 Å². The molecule has 1 amide bonds. The molecular formula is C17H17F3N2O4S2. The number of benzene rings is 1. The molecule has 6 nitrogen and oxygen atoms in total. The molecular weight excluding hydrogens is 417 g/mol. The first-order valence-electron chi connectivity index (χ1n) is 8.30. The number of ether oxygens (including phenoxy) is 1. The maximum absolute atomic E-state index is 12.6. The van der Waals surface area contributed by atoms with E-state index in [-0.39, 0.29) is 16.3 Å². The van der Waals surface area contributed by atoms with E-state index in [0.717, 1.165) is 35.6 Å². The highest BCUT2D eigenvalue weighted by atomic mass is 32.2. The van der Waals surface area contributed by atoms with Crippen LogP contribution in [0.25, 0.3) is 0 Å². The molecule has 0 radical (unpaired) electrons. The number of morpholine rings is 1. The lowest BCUT2D eigenvalue weighted by molar-refractivity contribution is -0.137. The molecule has 152 valence electrons. The minimum Gasteiger partial charge on any atom is -0.379 e. The molecule has 1 aromatic carbocycles. The Labute approximate surface area is 164 Å². The number of thiophene rings is 1. The van der Waals surface area contributed by atoms with Crippen molar-refractivity contribution in [2.75, 3.05) is 26.3 Å². The maximum Gasteiger partial charge on any atom is 0.416 e. The zero-order valence-corrected chi connectivity index (χ0v) is 16.2. The average Bonchev–Trinajstić information content (AvgIpc) is 3.16. The van der Waals surface area contributed by atoms with Crippen LogP contribution in [0.15, 0.2) is 40.6 Å². The second-order valence-electron chi connectivity index (χ2n) is 5.99. The summed E-state index contributed by atoms with van der Waals surface area (Å²) in [5, 5.41) is 2.58. The van der Waals surface area contributed by atoms with Crippen molar-refractivity contribution < 1.29 is 31.1 Å². The van der Waals surface area contributed by atoms with Gasteiger partial charge in [0.2, 0.25) is 0 Å². The Morgan fingerprint density at radius 1 is 1.11 bits per heavy atom. The van der Waals surface area contributed by atoms with Gasteiger partial charge in [-0.25, -0.2) is 8.42 Å². The predicted molar refractivity (Wildman–Crippen MR) is 96.5 cm³/mol. The lowest BCUT2D eigenvalue weighted by Gasteiger charge is -2.25. The van der Waals surface area contributed by atoms with E-state index in [0.29, 0.717) is 31.2 Å². The first-order chi connectivity index (χ1) is 13.2. The molecule has 1 aliphatic rings. The van der Waals surface area contributed by atoms with Gasteiger partial charge in [-0.15, -0.1) is 11.3 Å². The summed E-state index contributed by atoms with van der Waals surface area (Å²) in [7, 11) is -3.60. The maximum atomic E-state index is 12.6. The van der Waals surface area contributed by atoms with Crippen molar-refractivity contribution in [1.29, 1.82) is 0 Å². The molecule has 1 saturated heterocycles. The molecule has 0 unspecified atom stereocenters. The van der Waals surface area contributed by atoms with Gasteiger partial charge in [-0.3, -0.25) is 4.79 Å². The molecule has 0 atom stereocenters. The number of hydrogen-bond acceptors (Lipinski definition) is 5. The first-order valence-corrected chi connectivity index (χ1v) is 10.6. The molecule has 1 fully saturated rings. The number of rotatable bonds is 5. The van der Waals surface area contributed by atoms with Crippen LogP contribution < -0.4 is 5.32 Å². The summed E-state index contributed by atoms with van der Waals surface area (Å²) in [6.07, 6.45) is -4.46. The number of nitrogens with one attached hydrogen (secondary N) is 1. The van der Waals surface area contributed by atoms with Gasteiger partial charge in [-0.1, -0.05) is 0 Å².